The number of rotatable bonds is 2. The van der Waals surface area contributed by atoms with Crippen molar-refractivity contribution in [1.29, 1.82) is 0 Å². The number of hydrogen-bond acceptors (Lipinski definition) is 1. The Bertz CT molecular complexity index is 361. The van der Waals surface area contributed by atoms with Gasteiger partial charge in [0.15, 0.2) is 0 Å². The maximum atomic E-state index is 6.24. The Hall–Kier alpha value is -0.690. The Morgan fingerprint density at radius 1 is 1.27 bits per heavy atom. The molecule has 0 amide bonds. The summed E-state index contributed by atoms with van der Waals surface area (Å²) in [5.41, 5.74) is 1.15. The van der Waals surface area contributed by atoms with E-state index in [1.807, 2.05) is 18.2 Å². The van der Waals surface area contributed by atoms with Crippen molar-refractivity contribution < 1.29 is 4.74 Å². The molecule has 1 nitrogen and oxygen atoms in total. The van der Waals surface area contributed by atoms with Crippen molar-refractivity contribution in [2.45, 2.75) is 45.1 Å². The normalized spacial score (nSPS) is 16.5. The third-order valence-corrected chi connectivity index (χ3v) is 2.86. The first-order chi connectivity index (χ1) is 6.98. The van der Waals surface area contributed by atoms with Crippen molar-refractivity contribution in [2.24, 2.45) is 0 Å². The van der Waals surface area contributed by atoms with Gasteiger partial charge in [-0.1, -0.05) is 38.4 Å². The molecular weight excluding hydrogens is 208 g/mol. The third-order valence-electron chi connectivity index (χ3n) is 2.54. The molecule has 1 aliphatic rings. The molecule has 2 heteroatoms. The zero-order valence-corrected chi connectivity index (χ0v) is 10.3. The minimum atomic E-state index is 0.0303. The van der Waals surface area contributed by atoms with Crippen LogP contribution in [-0.4, -0.2) is 6.10 Å². The molecule has 0 N–H and O–H groups in total. The molecule has 0 atom stereocenters. The fourth-order valence-electron chi connectivity index (χ4n) is 1.70. The summed E-state index contributed by atoms with van der Waals surface area (Å²) < 4.78 is 5.88. The van der Waals surface area contributed by atoms with Gasteiger partial charge >= 0.3 is 0 Å². The summed E-state index contributed by atoms with van der Waals surface area (Å²) in [5.74, 6) is 0.956. The van der Waals surface area contributed by atoms with E-state index in [2.05, 4.69) is 20.8 Å². The van der Waals surface area contributed by atoms with E-state index in [1.165, 1.54) is 12.8 Å². The highest BCUT2D eigenvalue weighted by Gasteiger charge is 2.28. The average molecular weight is 225 g/mol. The molecule has 1 aliphatic carbocycles. The van der Waals surface area contributed by atoms with E-state index in [9.17, 15) is 0 Å². The Kier molecular flexibility index (Phi) is 2.68. The number of benzene rings is 1. The maximum Gasteiger partial charge on any atom is 0.124 e. The van der Waals surface area contributed by atoms with Crippen molar-refractivity contribution in [3.63, 3.8) is 0 Å². The quantitative estimate of drug-likeness (QED) is 0.733. The summed E-state index contributed by atoms with van der Waals surface area (Å²) in [6, 6.07) is 5.90. The first-order valence-electron chi connectivity index (χ1n) is 5.44. The zero-order chi connectivity index (χ0) is 11.1. The summed E-state index contributed by atoms with van der Waals surface area (Å²) in [6.45, 7) is 6.48. The van der Waals surface area contributed by atoms with Crippen molar-refractivity contribution >= 4 is 11.6 Å². The Morgan fingerprint density at radius 2 is 1.93 bits per heavy atom. The molecule has 2 rings (SSSR count). The standard InChI is InChI=1S/C13H17ClO/c1-13(2,3)12-10(14)5-4-6-11(12)15-9-7-8-9/h4-6,9H,7-8H2,1-3H3. The Labute approximate surface area is 96.4 Å². The van der Waals surface area contributed by atoms with Gasteiger partial charge in [-0.25, -0.2) is 0 Å². The second-order valence-electron chi connectivity index (χ2n) is 5.18. The summed E-state index contributed by atoms with van der Waals surface area (Å²) in [4.78, 5) is 0. The van der Waals surface area contributed by atoms with Gasteiger partial charge in [0.25, 0.3) is 0 Å². The highest BCUT2D eigenvalue weighted by atomic mass is 35.5. The van der Waals surface area contributed by atoms with Crippen molar-refractivity contribution in [2.75, 3.05) is 0 Å². The Morgan fingerprint density at radius 3 is 2.47 bits per heavy atom. The van der Waals surface area contributed by atoms with E-state index < -0.39 is 0 Å². The molecule has 15 heavy (non-hydrogen) atoms. The molecule has 0 aliphatic heterocycles. The minimum absolute atomic E-state index is 0.0303. The van der Waals surface area contributed by atoms with Gasteiger partial charge in [-0.3, -0.25) is 0 Å². The smallest absolute Gasteiger partial charge is 0.124 e. The lowest BCUT2D eigenvalue weighted by Gasteiger charge is -2.24. The second-order valence-corrected chi connectivity index (χ2v) is 5.59. The molecule has 0 radical (unpaired) electrons. The topological polar surface area (TPSA) is 9.23 Å². The first-order valence-corrected chi connectivity index (χ1v) is 5.82. The number of halogens is 1. The minimum Gasteiger partial charge on any atom is -0.490 e. The SMILES string of the molecule is CC(C)(C)c1c(Cl)cccc1OC1CC1. The van der Waals surface area contributed by atoms with Gasteiger partial charge in [0, 0.05) is 10.6 Å². The van der Waals surface area contributed by atoms with Gasteiger partial charge in [0.2, 0.25) is 0 Å². The molecule has 0 spiro atoms. The third kappa shape index (κ3) is 2.46. The molecule has 0 bridgehead atoms. The van der Waals surface area contributed by atoms with E-state index in [0.29, 0.717) is 6.10 Å². The van der Waals surface area contributed by atoms with Crippen molar-refractivity contribution in [3.05, 3.63) is 28.8 Å². The molecule has 1 aromatic carbocycles. The van der Waals surface area contributed by atoms with Crippen LogP contribution in [0.3, 0.4) is 0 Å². The number of hydrogen-bond donors (Lipinski definition) is 0. The van der Waals surface area contributed by atoms with E-state index in [-0.39, 0.29) is 5.41 Å². The van der Waals surface area contributed by atoms with Gasteiger partial charge in [-0.2, -0.15) is 0 Å². The van der Waals surface area contributed by atoms with Crippen molar-refractivity contribution in [3.8, 4) is 5.75 Å². The average Bonchev–Trinajstić information content (AvgIpc) is 2.85. The van der Waals surface area contributed by atoms with Gasteiger partial charge in [-0.15, -0.1) is 0 Å². The molecule has 82 valence electrons. The summed E-state index contributed by atoms with van der Waals surface area (Å²) >= 11 is 6.24. The Balaban J connectivity index is 2.38. The first kappa shape index (κ1) is 10.8. The zero-order valence-electron chi connectivity index (χ0n) is 9.51. The van der Waals surface area contributed by atoms with E-state index in [4.69, 9.17) is 16.3 Å². The van der Waals surface area contributed by atoms with Gasteiger partial charge < -0.3 is 4.74 Å². The predicted octanol–water partition coefficient (Wildman–Crippen LogP) is 4.18. The molecule has 1 aromatic rings. The lowest BCUT2D eigenvalue weighted by atomic mass is 9.86. The van der Waals surface area contributed by atoms with Crippen LogP contribution < -0.4 is 4.74 Å². The van der Waals surface area contributed by atoms with Crippen LogP contribution in [0.15, 0.2) is 18.2 Å². The van der Waals surface area contributed by atoms with E-state index in [0.717, 1.165) is 16.3 Å². The highest BCUT2D eigenvalue weighted by Crippen LogP contribution is 2.39. The highest BCUT2D eigenvalue weighted by molar-refractivity contribution is 6.31. The van der Waals surface area contributed by atoms with Crippen LogP contribution in [0.5, 0.6) is 5.75 Å². The summed E-state index contributed by atoms with van der Waals surface area (Å²) in [6.07, 6.45) is 2.77. The fourth-order valence-corrected chi connectivity index (χ4v) is 2.15. The molecule has 0 aromatic heterocycles. The van der Waals surface area contributed by atoms with Crippen LogP contribution >= 0.6 is 11.6 Å². The van der Waals surface area contributed by atoms with Gasteiger partial charge in [0.1, 0.15) is 5.75 Å². The van der Waals surface area contributed by atoms with Crippen LogP contribution in [0, 0.1) is 0 Å². The van der Waals surface area contributed by atoms with Gasteiger partial charge in [-0.05, 0) is 30.4 Å². The maximum absolute atomic E-state index is 6.24. The summed E-state index contributed by atoms with van der Waals surface area (Å²) in [7, 11) is 0. The lowest BCUT2D eigenvalue weighted by molar-refractivity contribution is 0.295. The van der Waals surface area contributed by atoms with Crippen LogP contribution in [0.1, 0.15) is 39.2 Å². The largest absolute Gasteiger partial charge is 0.490 e. The van der Waals surface area contributed by atoms with Crippen LogP contribution in [0.25, 0.3) is 0 Å². The monoisotopic (exact) mass is 224 g/mol. The molecule has 0 unspecified atom stereocenters. The van der Waals surface area contributed by atoms with E-state index in [1.54, 1.807) is 0 Å². The van der Waals surface area contributed by atoms with Crippen LogP contribution in [0.4, 0.5) is 0 Å². The molecule has 0 saturated heterocycles. The fraction of sp³-hybridized carbons (Fsp3) is 0.538. The van der Waals surface area contributed by atoms with Crippen LogP contribution in [-0.2, 0) is 5.41 Å². The molecule has 1 fully saturated rings. The van der Waals surface area contributed by atoms with Crippen molar-refractivity contribution in [1.82, 2.24) is 0 Å². The predicted molar refractivity (Wildman–Crippen MR) is 63.8 cm³/mol. The number of ether oxygens (including phenoxy) is 1. The molecule has 1 saturated carbocycles. The lowest BCUT2D eigenvalue weighted by Crippen LogP contribution is -2.14. The van der Waals surface area contributed by atoms with Crippen LogP contribution in [0.2, 0.25) is 5.02 Å². The molecular formula is C13H17ClO. The van der Waals surface area contributed by atoms with E-state index >= 15 is 0 Å². The summed E-state index contributed by atoms with van der Waals surface area (Å²) in [5, 5.41) is 0.806. The molecule has 0 heterocycles. The second kappa shape index (κ2) is 3.71. The van der Waals surface area contributed by atoms with Gasteiger partial charge in [0.05, 0.1) is 6.10 Å².